The molecule has 2 amide bonds. The summed E-state index contributed by atoms with van der Waals surface area (Å²) >= 11 is 0. The smallest absolute Gasteiger partial charge is 0.266 e. The molecule has 0 atom stereocenters. The van der Waals surface area contributed by atoms with Crippen molar-refractivity contribution in [3.8, 4) is 0 Å². The molecule has 2 N–H and O–H groups in total. The molecule has 0 saturated heterocycles. The highest BCUT2D eigenvalue weighted by molar-refractivity contribution is 6.34. The summed E-state index contributed by atoms with van der Waals surface area (Å²) in [6.45, 7) is 0.433. The van der Waals surface area contributed by atoms with Crippen LogP contribution in [0.5, 0.6) is 0 Å². The average Bonchev–Trinajstić information content (AvgIpc) is 2.72. The van der Waals surface area contributed by atoms with E-state index in [9.17, 15) is 9.59 Å². The van der Waals surface area contributed by atoms with Gasteiger partial charge in [0.05, 0.1) is 16.8 Å². The van der Waals surface area contributed by atoms with E-state index in [4.69, 9.17) is 5.73 Å². The fraction of sp³-hybridized carbons (Fsp3) is 0.0667. The van der Waals surface area contributed by atoms with Crippen LogP contribution in [0, 0.1) is 0 Å². The second-order valence-corrected chi connectivity index (χ2v) is 4.36. The van der Waals surface area contributed by atoms with Gasteiger partial charge >= 0.3 is 0 Å². The number of nitrogens with zero attached hydrogens (tertiary/aromatic N) is 1. The van der Waals surface area contributed by atoms with Gasteiger partial charge in [-0.25, -0.2) is 4.90 Å². The number of nitrogens with two attached hydrogens (primary N) is 1. The molecule has 19 heavy (non-hydrogen) atoms. The standard InChI is InChI=1S/C15H12N2O2/c16-9-10-5-7-11(8-6-10)17-14(18)12-3-1-2-4-13(12)15(17)19/h1-8H,9,16H2. The Morgan fingerprint density at radius 1 is 0.842 bits per heavy atom. The van der Waals surface area contributed by atoms with Crippen molar-refractivity contribution in [3.05, 3.63) is 65.2 Å². The zero-order valence-corrected chi connectivity index (χ0v) is 10.2. The lowest BCUT2D eigenvalue weighted by atomic mass is 10.1. The molecular formula is C15H12N2O2. The van der Waals surface area contributed by atoms with Crippen LogP contribution in [0.3, 0.4) is 0 Å². The fourth-order valence-electron chi connectivity index (χ4n) is 2.20. The predicted octanol–water partition coefficient (Wildman–Crippen LogP) is 1.95. The van der Waals surface area contributed by atoms with E-state index in [1.165, 1.54) is 4.90 Å². The van der Waals surface area contributed by atoms with Crippen LogP contribution in [0.25, 0.3) is 0 Å². The van der Waals surface area contributed by atoms with Crippen LogP contribution in [0.1, 0.15) is 26.3 Å². The van der Waals surface area contributed by atoms with Crippen molar-refractivity contribution in [1.82, 2.24) is 0 Å². The summed E-state index contributed by atoms with van der Waals surface area (Å²) in [7, 11) is 0. The zero-order valence-electron chi connectivity index (χ0n) is 10.2. The molecule has 1 aliphatic heterocycles. The fourth-order valence-corrected chi connectivity index (χ4v) is 2.20. The lowest BCUT2D eigenvalue weighted by molar-refractivity contribution is 0.0926. The first kappa shape index (κ1) is 11.6. The van der Waals surface area contributed by atoms with Crippen LogP contribution in [0.15, 0.2) is 48.5 Å². The minimum absolute atomic E-state index is 0.277. The highest BCUT2D eigenvalue weighted by Crippen LogP contribution is 2.28. The summed E-state index contributed by atoms with van der Waals surface area (Å²) < 4.78 is 0. The van der Waals surface area contributed by atoms with E-state index in [0.29, 0.717) is 23.4 Å². The van der Waals surface area contributed by atoms with Gasteiger partial charge in [-0.05, 0) is 29.8 Å². The molecule has 0 aliphatic carbocycles. The van der Waals surface area contributed by atoms with Gasteiger partial charge in [-0.2, -0.15) is 0 Å². The van der Waals surface area contributed by atoms with Crippen molar-refractivity contribution in [3.63, 3.8) is 0 Å². The van der Waals surface area contributed by atoms with Crippen molar-refractivity contribution in [1.29, 1.82) is 0 Å². The first-order valence-corrected chi connectivity index (χ1v) is 5.99. The molecule has 0 unspecified atom stereocenters. The second-order valence-electron chi connectivity index (χ2n) is 4.36. The molecule has 0 saturated carbocycles. The summed E-state index contributed by atoms with van der Waals surface area (Å²) in [6, 6.07) is 14.0. The third kappa shape index (κ3) is 1.73. The van der Waals surface area contributed by atoms with E-state index in [-0.39, 0.29) is 11.8 Å². The molecule has 0 spiro atoms. The van der Waals surface area contributed by atoms with Gasteiger partial charge in [0.15, 0.2) is 0 Å². The zero-order chi connectivity index (χ0) is 13.4. The summed E-state index contributed by atoms with van der Waals surface area (Å²) in [4.78, 5) is 25.7. The minimum Gasteiger partial charge on any atom is -0.326 e. The molecule has 4 nitrogen and oxygen atoms in total. The molecule has 1 aliphatic rings. The first-order chi connectivity index (χ1) is 9.22. The maximum absolute atomic E-state index is 12.2. The van der Waals surface area contributed by atoms with Crippen LogP contribution in [0.2, 0.25) is 0 Å². The molecule has 2 aromatic carbocycles. The Balaban J connectivity index is 2.03. The van der Waals surface area contributed by atoms with E-state index < -0.39 is 0 Å². The molecule has 2 aromatic rings. The molecule has 4 heteroatoms. The van der Waals surface area contributed by atoms with Gasteiger partial charge in [0.2, 0.25) is 0 Å². The predicted molar refractivity (Wildman–Crippen MR) is 71.9 cm³/mol. The van der Waals surface area contributed by atoms with Crippen LogP contribution in [-0.2, 0) is 6.54 Å². The molecule has 94 valence electrons. The number of fused-ring (bicyclic) bond motifs is 1. The summed E-state index contributed by atoms with van der Waals surface area (Å²) in [6.07, 6.45) is 0. The molecule has 0 radical (unpaired) electrons. The summed E-state index contributed by atoms with van der Waals surface area (Å²) in [5.74, 6) is -0.554. The van der Waals surface area contributed by atoms with E-state index >= 15 is 0 Å². The first-order valence-electron chi connectivity index (χ1n) is 5.99. The van der Waals surface area contributed by atoms with Gasteiger partial charge in [-0.3, -0.25) is 9.59 Å². The maximum Gasteiger partial charge on any atom is 0.266 e. The van der Waals surface area contributed by atoms with Crippen LogP contribution < -0.4 is 10.6 Å². The van der Waals surface area contributed by atoms with Gasteiger partial charge in [-0.1, -0.05) is 24.3 Å². The van der Waals surface area contributed by atoms with Crippen molar-refractivity contribution >= 4 is 17.5 Å². The number of hydrogen-bond acceptors (Lipinski definition) is 3. The maximum atomic E-state index is 12.2. The van der Waals surface area contributed by atoms with Gasteiger partial charge in [0.25, 0.3) is 11.8 Å². The lowest BCUT2D eigenvalue weighted by Crippen LogP contribution is -2.29. The average molecular weight is 252 g/mol. The Morgan fingerprint density at radius 2 is 1.37 bits per heavy atom. The van der Waals surface area contributed by atoms with Gasteiger partial charge in [0, 0.05) is 6.54 Å². The number of hydrogen-bond donors (Lipinski definition) is 1. The van der Waals surface area contributed by atoms with Crippen molar-refractivity contribution < 1.29 is 9.59 Å². The third-order valence-electron chi connectivity index (χ3n) is 3.22. The Kier molecular flexibility index (Phi) is 2.65. The molecule has 1 heterocycles. The van der Waals surface area contributed by atoms with Crippen LogP contribution >= 0.6 is 0 Å². The molecule has 0 bridgehead atoms. The van der Waals surface area contributed by atoms with Crippen LogP contribution in [-0.4, -0.2) is 11.8 Å². The minimum atomic E-state index is -0.277. The van der Waals surface area contributed by atoms with Gasteiger partial charge in [0.1, 0.15) is 0 Å². The van der Waals surface area contributed by atoms with E-state index in [1.54, 1.807) is 36.4 Å². The van der Waals surface area contributed by atoms with Gasteiger partial charge in [-0.15, -0.1) is 0 Å². The summed E-state index contributed by atoms with van der Waals surface area (Å²) in [5, 5.41) is 0. The molecule has 3 rings (SSSR count). The number of rotatable bonds is 2. The summed E-state index contributed by atoms with van der Waals surface area (Å²) in [5.41, 5.74) is 7.97. The Bertz CT molecular complexity index is 627. The molecular weight excluding hydrogens is 240 g/mol. The monoisotopic (exact) mass is 252 g/mol. The number of carbonyl (C=O) groups is 2. The van der Waals surface area contributed by atoms with Gasteiger partial charge < -0.3 is 5.73 Å². The van der Waals surface area contributed by atoms with Crippen molar-refractivity contribution in [2.24, 2.45) is 5.73 Å². The van der Waals surface area contributed by atoms with E-state index in [1.807, 2.05) is 12.1 Å². The quantitative estimate of drug-likeness (QED) is 0.831. The largest absolute Gasteiger partial charge is 0.326 e. The number of imide groups is 1. The van der Waals surface area contributed by atoms with E-state index in [2.05, 4.69) is 0 Å². The lowest BCUT2D eigenvalue weighted by Gasteiger charge is -2.14. The Hall–Kier alpha value is -2.46. The second kappa shape index (κ2) is 4.33. The number of amides is 2. The number of anilines is 1. The normalized spacial score (nSPS) is 13.8. The van der Waals surface area contributed by atoms with Crippen LogP contribution in [0.4, 0.5) is 5.69 Å². The number of benzene rings is 2. The third-order valence-corrected chi connectivity index (χ3v) is 3.22. The Morgan fingerprint density at radius 3 is 1.84 bits per heavy atom. The van der Waals surface area contributed by atoms with Crippen molar-refractivity contribution in [2.75, 3.05) is 4.90 Å². The van der Waals surface area contributed by atoms with E-state index in [0.717, 1.165) is 5.56 Å². The Labute approximate surface area is 110 Å². The molecule has 0 fully saturated rings. The molecule has 0 aromatic heterocycles. The topological polar surface area (TPSA) is 63.4 Å². The SMILES string of the molecule is NCc1ccc(N2C(=O)c3ccccc3C2=O)cc1. The highest BCUT2D eigenvalue weighted by Gasteiger charge is 2.36. The number of carbonyl (C=O) groups excluding carboxylic acids is 2. The van der Waals surface area contributed by atoms with Crippen molar-refractivity contribution in [2.45, 2.75) is 6.54 Å². The highest BCUT2D eigenvalue weighted by atomic mass is 16.2.